The SMILES string of the molecule is CCc1cc(CC)c([C@H](N)CC)c(CC)c1. The van der Waals surface area contributed by atoms with Gasteiger partial charge in [0.15, 0.2) is 0 Å². The summed E-state index contributed by atoms with van der Waals surface area (Å²) in [7, 11) is 0. The van der Waals surface area contributed by atoms with E-state index in [1.54, 1.807) is 0 Å². The van der Waals surface area contributed by atoms with Crippen LogP contribution in [0.4, 0.5) is 0 Å². The standard InChI is InChI=1S/C15H25N/c1-5-11-9-12(6-2)15(14(16)8-4)13(7-3)10-11/h9-10,14H,5-8,16H2,1-4H3/t14-/m1/s1. The Hall–Kier alpha value is -0.820. The number of benzene rings is 1. The Bertz CT molecular complexity index is 316. The molecule has 0 aliphatic carbocycles. The zero-order valence-corrected chi connectivity index (χ0v) is 11.1. The summed E-state index contributed by atoms with van der Waals surface area (Å²) < 4.78 is 0. The molecule has 0 amide bonds. The molecule has 0 aromatic heterocycles. The molecule has 0 saturated heterocycles. The molecule has 0 unspecified atom stereocenters. The van der Waals surface area contributed by atoms with Crippen molar-refractivity contribution in [1.82, 2.24) is 0 Å². The van der Waals surface area contributed by atoms with Gasteiger partial charge >= 0.3 is 0 Å². The molecule has 0 heterocycles. The molecule has 0 spiro atoms. The fraction of sp³-hybridized carbons (Fsp3) is 0.600. The molecule has 1 heteroatoms. The maximum absolute atomic E-state index is 6.24. The third-order valence-corrected chi connectivity index (χ3v) is 3.39. The van der Waals surface area contributed by atoms with Gasteiger partial charge in [0, 0.05) is 6.04 Å². The lowest BCUT2D eigenvalue weighted by molar-refractivity contribution is 0.680. The van der Waals surface area contributed by atoms with E-state index in [0.29, 0.717) is 0 Å². The normalized spacial score (nSPS) is 12.8. The van der Waals surface area contributed by atoms with Crippen molar-refractivity contribution in [3.05, 3.63) is 34.4 Å². The van der Waals surface area contributed by atoms with Gasteiger partial charge in [0.1, 0.15) is 0 Å². The van der Waals surface area contributed by atoms with Crippen molar-refractivity contribution in [2.24, 2.45) is 5.73 Å². The average molecular weight is 219 g/mol. The minimum absolute atomic E-state index is 0.204. The van der Waals surface area contributed by atoms with Gasteiger partial charge in [0.25, 0.3) is 0 Å². The summed E-state index contributed by atoms with van der Waals surface area (Å²) in [6.07, 6.45) is 4.31. The molecule has 1 aromatic carbocycles. The Kier molecular flexibility index (Phi) is 5.01. The summed E-state index contributed by atoms with van der Waals surface area (Å²) in [5, 5.41) is 0. The van der Waals surface area contributed by atoms with E-state index in [0.717, 1.165) is 25.7 Å². The van der Waals surface area contributed by atoms with Gasteiger partial charge in [0.2, 0.25) is 0 Å². The summed E-state index contributed by atoms with van der Waals surface area (Å²) in [5.74, 6) is 0. The van der Waals surface area contributed by atoms with Gasteiger partial charge in [-0.25, -0.2) is 0 Å². The second-order valence-corrected chi connectivity index (χ2v) is 4.40. The van der Waals surface area contributed by atoms with Crippen LogP contribution in [0.25, 0.3) is 0 Å². The molecule has 1 aromatic rings. The van der Waals surface area contributed by atoms with Gasteiger partial charge in [-0.1, -0.05) is 39.8 Å². The minimum atomic E-state index is 0.204. The first-order valence-corrected chi connectivity index (χ1v) is 6.57. The van der Waals surface area contributed by atoms with E-state index in [1.165, 1.54) is 22.3 Å². The van der Waals surface area contributed by atoms with E-state index < -0.39 is 0 Å². The van der Waals surface area contributed by atoms with Gasteiger partial charge in [-0.2, -0.15) is 0 Å². The van der Waals surface area contributed by atoms with Crippen molar-refractivity contribution in [2.45, 2.75) is 59.4 Å². The molecule has 2 N–H and O–H groups in total. The second kappa shape index (κ2) is 6.05. The molecule has 16 heavy (non-hydrogen) atoms. The fourth-order valence-electron chi connectivity index (χ4n) is 2.32. The van der Waals surface area contributed by atoms with Crippen molar-refractivity contribution in [3.8, 4) is 0 Å². The smallest absolute Gasteiger partial charge is 0.0297 e. The molecule has 0 bridgehead atoms. The Balaban J connectivity index is 3.31. The highest BCUT2D eigenvalue weighted by molar-refractivity contribution is 5.41. The number of hydrogen-bond donors (Lipinski definition) is 1. The second-order valence-electron chi connectivity index (χ2n) is 4.40. The molecule has 1 rings (SSSR count). The van der Waals surface area contributed by atoms with Gasteiger partial charge in [-0.05, 0) is 47.9 Å². The van der Waals surface area contributed by atoms with Crippen LogP contribution in [-0.4, -0.2) is 0 Å². The molecule has 1 atom stereocenters. The lowest BCUT2D eigenvalue weighted by Gasteiger charge is -2.20. The van der Waals surface area contributed by atoms with Crippen molar-refractivity contribution < 1.29 is 0 Å². The van der Waals surface area contributed by atoms with Gasteiger partial charge in [0.05, 0.1) is 0 Å². The van der Waals surface area contributed by atoms with Crippen LogP contribution in [0.3, 0.4) is 0 Å². The topological polar surface area (TPSA) is 26.0 Å². The molecule has 0 saturated carbocycles. The lowest BCUT2D eigenvalue weighted by atomic mass is 9.89. The number of hydrogen-bond acceptors (Lipinski definition) is 1. The summed E-state index contributed by atoms with van der Waals surface area (Å²) in [5.41, 5.74) is 12.0. The summed E-state index contributed by atoms with van der Waals surface area (Å²) >= 11 is 0. The number of nitrogens with two attached hydrogens (primary N) is 1. The molecular weight excluding hydrogens is 194 g/mol. The van der Waals surface area contributed by atoms with E-state index in [2.05, 4.69) is 39.8 Å². The van der Waals surface area contributed by atoms with E-state index in [-0.39, 0.29) is 6.04 Å². The van der Waals surface area contributed by atoms with Gasteiger partial charge in [-0.3, -0.25) is 0 Å². The van der Waals surface area contributed by atoms with Gasteiger partial charge in [-0.15, -0.1) is 0 Å². The van der Waals surface area contributed by atoms with Crippen LogP contribution >= 0.6 is 0 Å². The predicted octanol–water partition coefficient (Wildman–Crippen LogP) is 3.78. The van der Waals surface area contributed by atoms with Crippen LogP contribution in [0, 0.1) is 0 Å². The lowest BCUT2D eigenvalue weighted by Crippen LogP contribution is -2.14. The molecule has 0 fully saturated rings. The van der Waals surface area contributed by atoms with Crippen molar-refractivity contribution in [1.29, 1.82) is 0 Å². The molecule has 0 aliphatic rings. The third kappa shape index (κ3) is 2.65. The quantitative estimate of drug-likeness (QED) is 0.801. The summed E-state index contributed by atoms with van der Waals surface area (Å²) in [6.45, 7) is 8.82. The van der Waals surface area contributed by atoms with E-state index in [4.69, 9.17) is 5.73 Å². The molecule has 1 nitrogen and oxygen atoms in total. The molecule has 90 valence electrons. The van der Waals surface area contributed by atoms with Crippen LogP contribution in [0.15, 0.2) is 12.1 Å². The first kappa shape index (κ1) is 13.2. The highest BCUT2D eigenvalue weighted by atomic mass is 14.6. The monoisotopic (exact) mass is 219 g/mol. The summed E-state index contributed by atoms with van der Waals surface area (Å²) in [6, 6.07) is 4.88. The maximum atomic E-state index is 6.24. The third-order valence-electron chi connectivity index (χ3n) is 3.39. The molecule has 0 radical (unpaired) electrons. The Morgan fingerprint density at radius 3 is 1.75 bits per heavy atom. The van der Waals surface area contributed by atoms with Crippen LogP contribution in [0.2, 0.25) is 0 Å². The highest BCUT2D eigenvalue weighted by Gasteiger charge is 2.13. The summed E-state index contributed by atoms with van der Waals surface area (Å²) in [4.78, 5) is 0. The van der Waals surface area contributed by atoms with E-state index in [1.807, 2.05) is 0 Å². The first-order chi connectivity index (χ1) is 7.67. The van der Waals surface area contributed by atoms with Gasteiger partial charge < -0.3 is 5.73 Å². The number of aryl methyl sites for hydroxylation is 3. The Morgan fingerprint density at radius 2 is 1.44 bits per heavy atom. The van der Waals surface area contributed by atoms with Crippen LogP contribution < -0.4 is 5.73 Å². The zero-order valence-electron chi connectivity index (χ0n) is 11.1. The molecule has 0 aliphatic heterocycles. The Labute approximate surface area is 100 Å². The number of rotatable bonds is 5. The van der Waals surface area contributed by atoms with Crippen molar-refractivity contribution in [2.75, 3.05) is 0 Å². The maximum Gasteiger partial charge on any atom is 0.0297 e. The predicted molar refractivity (Wildman–Crippen MR) is 71.8 cm³/mol. The van der Waals surface area contributed by atoms with E-state index >= 15 is 0 Å². The largest absolute Gasteiger partial charge is 0.324 e. The first-order valence-electron chi connectivity index (χ1n) is 6.57. The minimum Gasteiger partial charge on any atom is -0.324 e. The van der Waals surface area contributed by atoms with Crippen LogP contribution in [0.5, 0.6) is 0 Å². The highest BCUT2D eigenvalue weighted by Crippen LogP contribution is 2.26. The zero-order chi connectivity index (χ0) is 12.1. The van der Waals surface area contributed by atoms with E-state index in [9.17, 15) is 0 Å². The van der Waals surface area contributed by atoms with Crippen LogP contribution in [0.1, 0.15) is 62.4 Å². The molecular formula is C15H25N. The average Bonchev–Trinajstić information content (AvgIpc) is 2.35. The van der Waals surface area contributed by atoms with Crippen molar-refractivity contribution in [3.63, 3.8) is 0 Å². The Morgan fingerprint density at radius 1 is 0.938 bits per heavy atom. The van der Waals surface area contributed by atoms with Crippen LogP contribution in [-0.2, 0) is 19.3 Å². The van der Waals surface area contributed by atoms with Crippen molar-refractivity contribution >= 4 is 0 Å². The fourth-order valence-corrected chi connectivity index (χ4v) is 2.32.